The number of benzene rings is 1. The van der Waals surface area contributed by atoms with Crippen molar-refractivity contribution < 1.29 is 9.13 Å². The van der Waals surface area contributed by atoms with Gasteiger partial charge < -0.3 is 10.5 Å². The topological polar surface area (TPSA) is 61.0 Å². The van der Waals surface area contributed by atoms with Crippen molar-refractivity contribution in [3.8, 4) is 11.6 Å². The fourth-order valence-electron chi connectivity index (χ4n) is 1.68. The molecule has 112 valence electrons. The van der Waals surface area contributed by atoms with Crippen molar-refractivity contribution in [2.75, 3.05) is 5.73 Å². The van der Waals surface area contributed by atoms with Gasteiger partial charge in [0.25, 0.3) is 0 Å². The molecule has 0 saturated carbocycles. The summed E-state index contributed by atoms with van der Waals surface area (Å²) in [6, 6.07) is 2.63. The highest BCUT2D eigenvalue weighted by atomic mass is 79.9. The summed E-state index contributed by atoms with van der Waals surface area (Å²) in [7, 11) is 0. The molecule has 0 bridgehead atoms. The van der Waals surface area contributed by atoms with Crippen LogP contribution >= 0.6 is 27.5 Å². The third-order valence-corrected chi connectivity index (χ3v) is 3.75. The summed E-state index contributed by atoms with van der Waals surface area (Å²) in [4.78, 5) is 8.52. The van der Waals surface area contributed by atoms with Crippen LogP contribution in [0.5, 0.6) is 11.6 Å². The van der Waals surface area contributed by atoms with Gasteiger partial charge in [-0.2, -0.15) is 4.98 Å². The Balaban J connectivity index is 2.41. The molecule has 0 unspecified atom stereocenters. The molecular weight excluding hydrogens is 361 g/mol. The van der Waals surface area contributed by atoms with Crippen LogP contribution in [-0.2, 0) is 6.42 Å². The molecule has 0 amide bonds. The van der Waals surface area contributed by atoms with Crippen molar-refractivity contribution in [2.24, 2.45) is 0 Å². The fourth-order valence-corrected chi connectivity index (χ4v) is 2.40. The molecule has 0 spiro atoms. The summed E-state index contributed by atoms with van der Waals surface area (Å²) in [5, 5.41) is 0.0137. The van der Waals surface area contributed by atoms with Gasteiger partial charge in [0.1, 0.15) is 23.2 Å². The summed E-state index contributed by atoms with van der Waals surface area (Å²) in [6.45, 7) is 3.77. The minimum Gasteiger partial charge on any atom is -0.437 e. The third-order valence-electron chi connectivity index (χ3n) is 2.84. The molecule has 1 aromatic carbocycles. The second-order valence-electron chi connectivity index (χ2n) is 4.50. The molecule has 0 fully saturated rings. The molecule has 0 aliphatic carbocycles. The van der Waals surface area contributed by atoms with Crippen molar-refractivity contribution in [3.05, 3.63) is 38.8 Å². The van der Waals surface area contributed by atoms with Crippen molar-refractivity contribution in [1.29, 1.82) is 0 Å². The van der Waals surface area contributed by atoms with Crippen molar-refractivity contribution >= 4 is 33.3 Å². The first-order valence-electron chi connectivity index (χ1n) is 6.37. The van der Waals surface area contributed by atoms with Crippen LogP contribution in [0.4, 0.5) is 10.2 Å². The zero-order chi connectivity index (χ0) is 15.6. The van der Waals surface area contributed by atoms with E-state index in [-0.39, 0.29) is 10.8 Å². The molecule has 2 rings (SSSR count). The first kappa shape index (κ1) is 16.0. The van der Waals surface area contributed by atoms with Crippen molar-refractivity contribution in [2.45, 2.75) is 26.7 Å². The maximum Gasteiger partial charge on any atom is 0.227 e. The Morgan fingerprint density at radius 1 is 1.38 bits per heavy atom. The molecule has 0 atom stereocenters. The predicted octanol–water partition coefficient (Wildman–Crippen LogP) is 4.67. The van der Waals surface area contributed by atoms with E-state index in [1.165, 1.54) is 12.1 Å². The number of rotatable bonds is 4. The predicted molar refractivity (Wildman–Crippen MR) is 84.4 cm³/mol. The SMILES string of the molecule is CCCc1nc(N)c(C)c(Oc2cc(F)c(Cl)cc2Br)n1. The smallest absolute Gasteiger partial charge is 0.227 e. The van der Waals surface area contributed by atoms with Crippen molar-refractivity contribution in [1.82, 2.24) is 9.97 Å². The minimum atomic E-state index is -0.566. The molecule has 0 radical (unpaired) electrons. The molecule has 2 N–H and O–H groups in total. The minimum absolute atomic E-state index is 0.0137. The number of halogens is 3. The van der Waals surface area contributed by atoms with Gasteiger partial charge in [0, 0.05) is 12.5 Å². The first-order valence-corrected chi connectivity index (χ1v) is 7.54. The van der Waals surface area contributed by atoms with Crippen LogP contribution in [0.15, 0.2) is 16.6 Å². The van der Waals surface area contributed by atoms with E-state index in [1.807, 2.05) is 6.92 Å². The maximum atomic E-state index is 13.6. The number of nitrogens with zero attached hydrogens (tertiary/aromatic N) is 2. The van der Waals surface area contributed by atoms with E-state index in [9.17, 15) is 4.39 Å². The summed E-state index contributed by atoms with van der Waals surface area (Å²) < 4.78 is 19.7. The standard InChI is InChI=1S/C14H14BrClFN3O/c1-3-4-12-19-13(18)7(2)14(20-12)21-11-6-10(17)9(16)5-8(11)15/h5-6H,3-4H2,1-2H3,(H2,18,19,20). The fraction of sp³-hybridized carbons (Fsp3) is 0.286. The van der Waals surface area contributed by atoms with Gasteiger partial charge in [-0.05, 0) is 35.3 Å². The van der Waals surface area contributed by atoms with Crippen LogP contribution in [0.3, 0.4) is 0 Å². The van der Waals surface area contributed by atoms with Crippen LogP contribution in [0.2, 0.25) is 5.02 Å². The molecular formula is C14H14BrClFN3O. The molecule has 1 heterocycles. The number of aromatic nitrogens is 2. The van der Waals surface area contributed by atoms with E-state index < -0.39 is 5.82 Å². The Bertz CT molecular complexity index is 682. The number of nitrogens with two attached hydrogens (primary N) is 1. The Morgan fingerprint density at radius 3 is 2.76 bits per heavy atom. The van der Waals surface area contributed by atoms with Gasteiger partial charge in [-0.1, -0.05) is 18.5 Å². The van der Waals surface area contributed by atoms with E-state index in [2.05, 4.69) is 25.9 Å². The molecule has 21 heavy (non-hydrogen) atoms. The summed E-state index contributed by atoms with van der Waals surface area (Å²) in [5.41, 5.74) is 6.47. The van der Waals surface area contributed by atoms with E-state index in [1.54, 1.807) is 6.92 Å². The van der Waals surface area contributed by atoms with E-state index >= 15 is 0 Å². The number of anilines is 1. The average Bonchev–Trinajstić information content (AvgIpc) is 2.42. The lowest BCUT2D eigenvalue weighted by molar-refractivity contribution is 0.447. The highest BCUT2D eigenvalue weighted by Gasteiger charge is 2.14. The number of aryl methyl sites for hydroxylation is 1. The Labute approximate surface area is 135 Å². The normalized spacial score (nSPS) is 10.7. The van der Waals surface area contributed by atoms with E-state index in [0.717, 1.165) is 6.42 Å². The molecule has 0 aliphatic rings. The Morgan fingerprint density at radius 2 is 2.10 bits per heavy atom. The zero-order valence-corrected chi connectivity index (χ0v) is 13.9. The highest BCUT2D eigenvalue weighted by molar-refractivity contribution is 9.10. The second kappa shape index (κ2) is 6.58. The molecule has 1 aromatic heterocycles. The molecule has 0 aliphatic heterocycles. The zero-order valence-electron chi connectivity index (χ0n) is 11.6. The number of hydrogen-bond donors (Lipinski definition) is 1. The highest BCUT2D eigenvalue weighted by Crippen LogP contribution is 2.34. The van der Waals surface area contributed by atoms with Crippen LogP contribution in [0.25, 0.3) is 0 Å². The number of ether oxygens (including phenoxy) is 1. The van der Waals surface area contributed by atoms with Crippen LogP contribution < -0.4 is 10.5 Å². The second-order valence-corrected chi connectivity index (χ2v) is 5.77. The lowest BCUT2D eigenvalue weighted by Gasteiger charge is -2.12. The lowest BCUT2D eigenvalue weighted by Crippen LogP contribution is -2.05. The molecule has 2 aromatic rings. The third kappa shape index (κ3) is 3.63. The van der Waals surface area contributed by atoms with Crippen LogP contribution in [-0.4, -0.2) is 9.97 Å². The molecule has 0 saturated heterocycles. The maximum absolute atomic E-state index is 13.6. The van der Waals surface area contributed by atoms with Gasteiger partial charge in [-0.3, -0.25) is 0 Å². The van der Waals surface area contributed by atoms with Gasteiger partial charge in [-0.25, -0.2) is 9.37 Å². The van der Waals surface area contributed by atoms with Crippen molar-refractivity contribution in [3.63, 3.8) is 0 Å². The summed E-state index contributed by atoms with van der Waals surface area (Å²) >= 11 is 8.99. The van der Waals surface area contributed by atoms with Crippen LogP contribution in [0, 0.1) is 12.7 Å². The van der Waals surface area contributed by atoms with E-state index in [0.29, 0.717) is 34.0 Å². The average molecular weight is 375 g/mol. The summed E-state index contributed by atoms with van der Waals surface area (Å²) in [5.74, 6) is 0.979. The quantitative estimate of drug-likeness (QED) is 0.790. The largest absolute Gasteiger partial charge is 0.437 e. The first-order chi connectivity index (χ1) is 9.92. The summed E-state index contributed by atoms with van der Waals surface area (Å²) in [6.07, 6.45) is 1.58. The number of hydrogen-bond acceptors (Lipinski definition) is 4. The Kier molecular flexibility index (Phi) is 5.00. The van der Waals surface area contributed by atoms with Gasteiger partial charge in [0.05, 0.1) is 15.1 Å². The van der Waals surface area contributed by atoms with E-state index in [4.69, 9.17) is 22.1 Å². The monoisotopic (exact) mass is 373 g/mol. The number of nitrogen functional groups attached to an aromatic ring is 1. The van der Waals surface area contributed by atoms with Gasteiger partial charge in [0.2, 0.25) is 5.88 Å². The van der Waals surface area contributed by atoms with Gasteiger partial charge >= 0.3 is 0 Å². The Hall–Kier alpha value is -1.40. The van der Waals surface area contributed by atoms with Crippen LogP contribution in [0.1, 0.15) is 24.7 Å². The van der Waals surface area contributed by atoms with Gasteiger partial charge in [0.15, 0.2) is 0 Å². The lowest BCUT2D eigenvalue weighted by atomic mass is 10.3. The van der Waals surface area contributed by atoms with Gasteiger partial charge in [-0.15, -0.1) is 0 Å². The molecule has 7 heteroatoms. The molecule has 4 nitrogen and oxygen atoms in total.